The molecule has 0 aliphatic carbocycles. The summed E-state index contributed by atoms with van der Waals surface area (Å²) in [5.41, 5.74) is 0.0672. The molecule has 1 unspecified atom stereocenters. The van der Waals surface area contributed by atoms with Gasteiger partial charge in [-0.1, -0.05) is 6.92 Å². The molecule has 0 saturated carbocycles. The van der Waals surface area contributed by atoms with Crippen LogP contribution in [-0.2, 0) is 4.79 Å². The predicted molar refractivity (Wildman–Crippen MR) is 69.9 cm³/mol. The van der Waals surface area contributed by atoms with Crippen LogP contribution in [0.15, 0.2) is 18.3 Å². The van der Waals surface area contributed by atoms with Crippen molar-refractivity contribution in [2.45, 2.75) is 38.6 Å². The number of amides is 1. The van der Waals surface area contributed by atoms with Crippen LogP contribution >= 0.6 is 0 Å². The van der Waals surface area contributed by atoms with Crippen LogP contribution in [0.1, 0.15) is 42.2 Å². The third-order valence-electron chi connectivity index (χ3n) is 3.95. The minimum atomic E-state index is -1.06. The first-order valence-corrected chi connectivity index (χ1v) is 6.50. The van der Waals surface area contributed by atoms with E-state index in [9.17, 15) is 14.7 Å². The van der Waals surface area contributed by atoms with Gasteiger partial charge in [0.05, 0.1) is 5.56 Å². The number of pyridine rings is 1. The fourth-order valence-electron chi connectivity index (χ4n) is 2.77. The second-order valence-corrected chi connectivity index (χ2v) is 4.89. The van der Waals surface area contributed by atoms with E-state index in [2.05, 4.69) is 4.98 Å². The first-order valence-electron chi connectivity index (χ1n) is 6.50. The van der Waals surface area contributed by atoms with E-state index in [1.807, 2.05) is 6.92 Å². The maximum atomic E-state index is 12.6. The van der Waals surface area contributed by atoms with Crippen molar-refractivity contribution >= 4 is 11.9 Å². The van der Waals surface area contributed by atoms with Gasteiger partial charge in [-0.3, -0.25) is 9.78 Å². The SMILES string of the molecule is CCC1(C(=O)O)CCCN1C(=O)c1cccnc1C. The maximum absolute atomic E-state index is 12.6. The fraction of sp³-hybridized carbons (Fsp3) is 0.500. The number of carbonyl (C=O) groups is 2. The molecule has 1 N–H and O–H groups in total. The summed E-state index contributed by atoms with van der Waals surface area (Å²) in [6.07, 6.45) is 3.29. The van der Waals surface area contributed by atoms with E-state index in [0.717, 1.165) is 6.42 Å². The second kappa shape index (κ2) is 4.99. The van der Waals surface area contributed by atoms with Crippen molar-refractivity contribution < 1.29 is 14.7 Å². The molecule has 1 aromatic rings. The molecule has 1 aliphatic rings. The summed E-state index contributed by atoms with van der Waals surface area (Å²) in [5, 5.41) is 9.49. The molecule has 2 rings (SSSR count). The van der Waals surface area contributed by atoms with Crippen LogP contribution in [0.5, 0.6) is 0 Å². The van der Waals surface area contributed by atoms with Gasteiger partial charge in [0.25, 0.3) is 5.91 Å². The minimum absolute atomic E-state index is 0.229. The van der Waals surface area contributed by atoms with Crippen LogP contribution in [0.2, 0.25) is 0 Å². The molecule has 1 aromatic heterocycles. The van der Waals surface area contributed by atoms with E-state index in [0.29, 0.717) is 30.6 Å². The van der Waals surface area contributed by atoms with Crippen LogP contribution in [0.25, 0.3) is 0 Å². The van der Waals surface area contributed by atoms with Crippen molar-refractivity contribution in [2.24, 2.45) is 0 Å². The Bertz CT molecular complexity index is 515. The highest BCUT2D eigenvalue weighted by Crippen LogP contribution is 2.34. The summed E-state index contributed by atoms with van der Waals surface area (Å²) in [6.45, 7) is 4.07. The highest BCUT2D eigenvalue weighted by atomic mass is 16.4. The summed E-state index contributed by atoms with van der Waals surface area (Å²) in [5.74, 6) is -1.14. The number of aliphatic carboxylic acids is 1. The van der Waals surface area contributed by atoms with Gasteiger partial charge in [-0.2, -0.15) is 0 Å². The average Bonchev–Trinajstić information content (AvgIpc) is 2.83. The number of carbonyl (C=O) groups excluding carboxylic acids is 1. The largest absolute Gasteiger partial charge is 0.479 e. The number of hydrogen-bond acceptors (Lipinski definition) is 3. The minimum Gasteiger partial charge on any atom is -0.479 e. The van der Waals surface area contributed by atoms with Crippen molar-refractivity contribution in [3.8, 4) is 0 Å². The summed E-state index contributed by atoms with van der Waals surface area (Å²) in [6, 6.07) is 3.40. The van der Waals surface area contributed by atoms with Gasteiger partial charge in [0.2, 0.25) is 0 Å². The van der Waals surface area contributed by atoms with Gasteiger partial charge in [0.15, 0.2) is 0 Å². The molecule has 1 aliphatic heterocycles. The quantitative estimate of drug-likeness (QED) is 0.902. The smallest absolute Gasteiger partial charge is 0.329 e. The number of carboxylic acids is 1. The molecule has 102 valence electrons. The molecule has 19 heavy (non-hydrogen) atoms. The lowest BCUT2D eigenvalue weighted by atomic mass is 9.92. The van der Waals surface area contributed by atoms with Gasteiger partial charge < -0.3 is 10.0 Å². The molecule has 1 fully saturated rings. The molecule has 0 bridgehead atoms. The zero-order chi connectivity index (χ0) is 14.0. The summed E-state index contributed by atoms with van der Waals surface area (Å²) in [7, 11) is 0. The van der Waals surface area contributed by atoms with Crippen molar-refractivity contribution in [2.75, 3.05) is 6.54 Å². The summed E-state index contributed by atoms with van der Waals surface area (Å²) < 4.78 is 0. The first kappa shape index (κ1) is 13.5. The number of aryl methyl sites for hydroxylation is 1. The lowest BCUT2D eigenvalue weighted by Gasteiger charge is -2.34. The van der Waals surface area contributed by atoms with E-state index in [1.54, 1.807) is 25.3 Å². The number of hydrogen-bond donors (Lipinski definition) is 1. The summed E-state index contributed by atoms with van der Waals surface area (Å²) >= 11 is 0. The van der Waals surface area contributed by atoms with Gasteiger partial charge >= 0.3 is 5.97 Å². The molecular weight excluding hydrogens is 244 g/mol. The van der Waals surface area contributed by atoms with E-state index in [-0.39, 0.29) is 5.91 Å². The van der Waals surface area contributed by atoms with E-state index in [4.69, 9.17) is 0 Å². The Balaban J connectivity index is 2.38. The van der Waals surface area contributed by atoms with Crippen molar-refractivity contribution in [3.63, 3.8) is 0 Å². The Kier molecular flexibility index (Phi) is 3.55. The van der Waals surface area contributed by atoms with Gasteiger partial charge in [-0.05, 0) is 38.3 Å². The summed E-state index contributed by atoms with van der Waals surface area (Å²) in [4.78, 5) is 29.7. The predicted octanol–water partition coefficient (Wildman–Crippen LogP) is 1.86. The van der Waals surface area contributed by atoms with Crippen molar-refractivity contribution in [1.82, 2.24) is 9.88 Å². The Morgan fingerprint density at radius 3 is 2.84 bits per heavy atom. The highest BCUT2D eigenvalue weighted by molar-refractivity contribution is 5.99. The molecule has 0 aromatic carbocycles. The number of likely N-dealkylation sites (tertiary alicyclic amines) is 1. The first-order chi connectivity index (χ1) is 9.03. The molecule has 5 heteroatoms. The number of rotatable bonds is 3. The molecule has 1 saturated heterocycles. The Labute approximate surface area is 112 Å². The van der Waals surface area contributed by atoms with Gasteiger partial charge in [0.1, 0.15) is 5.54 Å². The zero-order valence-corrected chi connectivity index (χ0v) is 11.2. The van der Waals surface area contributed by atoms with Gasteiger partial charge in [0, 0.05) is 18.4 Å². The van der Waals surface area contributed by atoms with Crippen LogP contribution in [-0.4, -0.2) is 39.0 Å². The number of carboxylic acid groups (broad SMARTS) is 1. The zero-order valence-electron chi connectivity index (χ0n) is 11.2. The van der Waals surface area contributed by atoms with E-state index >= 15 is 0 Å². The molecule has 0 radical (unpaired) electrons. The number of nitrogens with zero attached hydrogens (tertiary/aromatic N) is 2. The molecular formula is C14H18N2O3. The Morgan fingerprint density at radius 1 is 1.53 bits per heavy atom. The highest BCUT2D eigenvalue weighted by Gasteiger charge is 2.48. The van der Waals surface area contributed by atoms with Gasteiger partial charge in [-0.15, -0.1) is 0 Å². The average molecular weight is 262 g/mol. The molecule has 0 spiro atoms. The Hall–Kier alpha value is -1.91. The Morgan fingerprint density at radius 2 is 2.26 bits per heavy atom. The van der Waals surface area contributed by atoms with Gasteiger partial charge in [-0.25, -0.2) is 4.79 Å². The monoisotopic (exact) mass is 262 g/mol. The third-order valence-corrected chi connectivity index (χ3v) is 3.95. The van der Waals surface area contributed by atoms with Crippen LogP contribution < -0.4 is 0 Å². The number of aromatic nitrogens is 1. The lowest BCUT2D eigenvalue weighted by Crippen LogP contribution is -2.52. The topological polar surface area (TPSA) is 70.5 Å². The normalized spacial score (nSPS) is 22.5. The van der Waals surface area contributed by atoms with Crippen LogP contribution in [0, 0.1) is 6.92 Å². The molecule has 1 amide bonds. The molecule has 5 nitrogen and oxygen atoms in total. The van der Waals surface area contributed by atoms with Crippen molar-refractivity contribution in [1.29, 1.82) is 0 Å². The van der Waals surface area contributed by atoms with E-state index < -0.39 is 11.5 Å². The fourth-order valence-corrected chi connectivity index (χ4v) is 2.77. The molecule has 1 atom stereocenters. The van der Waals surface area contributed by atoms with E-state index in [1.165, 1.54) is 4.90 Å². The lowest BCUT2D eigenvalue weighted by molar-refractivity contribution is -0.148. The second-order valence-electron chi connectivity index (χ2n) is 4.89. The third kappa shape index (κ3) is 2.09. The van der Waals surface area contributed by atoms with Crippen LogP contribution in [0.3, 0.4) is 0 Å². The van der Waals surface area contributed by atoms with Crippen LogP contribution in [0.4, 0.5) is 0 Å². The maximum Gasteiger partial charge on any atom is 0.329 e. The standard InChI is InChI=1S/C14H18N2O3/c1-3-14(13(18)19)7-5-9-16(14)12(17)11-6-4-8-15-10(11)2/h4,6,8H,3,5,7,9H2,1-2H3,(H,18,19). The van der Waals surface area contributed by atoms with Crippen molar-refractivity contribution in [3.05, 3.63) is 29.6 Å². The molecule has 2 heterocycles.